The predicted octanol–water partition coefficient (Wildman–Crippen LogP) is 0.107. The van der Waals surface area contributed by atoms with Crippen LogP contribution in [0.5, 0.6) is 0 Å². The fraction of sp³-hybridized carbons (Fsp3) is 0.375. The normalized spacial score (nSPS) is 11.8. The van der Waals surface area contributed by atoms with Crippen LogP contribution < -0.4 is 11.1 Å². The Morgan fingerprint density at radius 3 is 2.85 bits per heavy atom. The molecule has 0 aliphatic rings. The average Bonchev–Trinajstić information content (AvgIpc) is 2.15. The van der Waals surface area contributed by atoms with Crippen LogP contribution in [0.15, 0.2) is 12.4 Å². The SMILES string of the molecule is CC(N)CNc1cnc(C#N)cn1. The van der Waals surface area contributed by atoms with Crippen LogP contribution >= 0.6 is 0 Å². The number of aromatic nitrogens is 2. The molecular weight excluding hydrogens is 166 g/mol. The first-order valence-corrected chi connectivity index (χ1v) is 3.94. The summed E-state index contributed by atoms with van der Waals surface area (Å²) in [6, 6.07) is 1.96. The molecular formula is C8H11N5. The molecule has 13 heavy (non-hydrogen) atoms. The predicted molar refractivity (Wildman–Crippen MR) is 48.9 cm³/mol. The molecule has 1 atom stereocenters. The molecule has 0 aromatic carbocycles. The van der Waals surface area contributed by atoms with Gasteiger partial charge in [0.15, 0.2) is 5.69 Å². The van der Waals surface area contributed by atoms with E-state index in [1.165, 1.54) is 12.4 Å². The number of nitriles is 1. The van der Waals surface area contributed by atoms with Crippen LogP contribution in [0.25, 0.3) is 0 Å². The van der Waals surface area contributed by atoms with E-state index in [2.05, 4.69) is 15.3 Å². The molecule has 1 unspecified atom stereocenters. The zero-order valence-corrected chi connectivity index (χ0v) is 7.36. The van der Waals surface area contributed by atoms with Crippen molar-refractivity contribution in [3.05, 3.63) is 18.1 Å². The van der Waals surface area contributed by atoms with Gasteiger partial charge in [-0.25, -0.2) is 9.97 Å². The number of hydrogen-bond acceptors (Lipinski definition) is 5. The van der Waals surface area contributed by atoms with Crippen LogP contribution in [0.3, 0.4) is 0 Å². The summed E-state index contributed by atoms with van der Waals surface area (Å²) in [5, 5.41) is 11.4. The number of hydrogen-bond donors (Lipinski definition) is 2. The monoisotopic (exact) mass is 177 g/mol. The number of anilines is 1. The van der Waals surface area contributed by atoms with Gasteiger partial charge in [0.05, 0.1) is 12.4 Å². The molecule has 3 N–H and O–H groups in total. The second kappa shape index (κ2) is 4.38. The van der Waals surface area contributed by atoms with Gasteiger partial charge in [-0.3, -0.25) is 0 Å². The standard InChI is InChI=1S/C8H11N5/c1-6(10)3-12-8-5-11-7(2-9)4-13-8/h4-6H,3,10H2,1H3,(H,12,13). The molecule has 1 aromatic heterocycles. The molecule has 68 valence electrons. The third-order valence-electron chi connectivity index (χ3n) is 1.37. The summed E-state index contributed by atoms with van der Waals surface area (Å²) in [6.45, 7) is 2.53. The van der Waals surface area contributed by atoms with Crippen molar-refractivity contribution in [2.24, 2.45) is 5.73 Å². The zero-order valence-electron chi connectivity index (χ0n) is 7.36. The highest BCUT2D eigenvalue weighted by Gasteiger charge is 1.97. The van der Waals surface area contributed by atoms with Crippen LogP contribution in [0.4, 0.5) is 5.82 Å². The number of rotatable bonds is 3. The summed E-state index contributed by atoms with van der Waals surface area (Å²) in [5.41, 5.74) is 5.84. The van der Waals surface area contributed by atoms with E-state index in [4.69, 9.17) is 11.0 Å². The summed E-state index contributed by atoms with van der Waals surface area (Å²) < 4.78 is 0. The fourth-order valence-corrected chi connectivity index (χ4v) is 0.743. The Labute approximate surface area is 76.6 Å². The Kier molecular flexibility index (Phi) is 3.17. The summed E-state index contributed by atoms with van der Waals surface area (Å²) >= 11 is 0. The first kappa shape index (κ1) is 9.42. The zero-order chi connectivity index (χ0) is 9.68. The molecule has 0 fully saturated rings. The molecule has 0 aliphatic heterocycles. The van der Waals surface area contributed by atoms with Crippen molar-refractivity contribution in [2.75, 3.05) is 11.9 Å². The van der Waals surface area contributed by atoms with E-state index in [0.29, 0.717) is 18.1 Å². The summed E-state index contributed by atoms with van der Waals surface area (Å²) in [4.78, 5) is 7.82. The Morgan fingerprint density at radius 2 is 2.38 bits per heavy atom. The first-order valence-electron chi connectivity index (χ1n) is 3.94. The lowest BCUT2D eigenvalue weighted by Crippen LogP contribution is -2.25. The minimum atomic E-state index is 0.0671. The molecule has 0 aliphatic carbocycles. The molecule has 5 nitrogen and oxygen atoms in total. The van der Waals surface area contributed by atoms with Crippen molar-refractivity contribution in [2.45, 2.75) is 13.0 Å². The summed E-state index contributed by atoms with van der Waals surface area (Å²) in [7, 11) is 0. The highest BCUT2D eigenvalue weighted by molar-refractivity contribution is 5.33. The van der Waals surface area contributed by atoms with Gasteiger partial charge in [-0.1, -0.05) is 0 Å². The number of nitrogens with one attached hydrogen (secondary N) is 1. The van der Waals surface area contributed by atoms with E-state index in [0.717, 1.165) is 0 Å². The minimum absolute atomic E-state index is 0.0671. The second-order valence-corrected chi connectivity index (χ2v) is 2.76. The highest BCUT2D eigenvalue weighted by atomic mass is 15.0. The van der Waals surface area contributed by atoms with E-state index >= 15 is 0 Å². The Hall–Kier alpha value is -1.67. The smallest absolute Gasteiger partial charge is 0.158 e. The molecule has 0 saturated heterocycles. The molecule has 0 saturated carbocycles. The van der Waals surface area contributed by atoms with Gasteiger partial charge in [0.2, 0.25) is 0 Å². The summed E-state index contributed by atoms with van der Waals surface area (Å²) in [5.74, 6) is 0.635. The lowest BCUT2D eigenvalue weighted by atomic mass is 10.3. The van der Waals surface area contributed by atoms with Gasteiger partial charge in [0.1, 0.15) is 11.9 Å². The Balaban J connectivity index is 2.55. The fourth-order valence-electron chi connectivity index (χ4n) is 0.743. The van der Waals surface area contributed by atoms with E-state index in [1.807, 2.05) is 13.0 Å². The quantitative estimate of drug-likeness (QED) is 0.684. The van der Waals surface area contributed by atoms with Crippen molar-refractivity contribution < 1.29 is 0 Å². The minimum Gasteiger partial charge on any atom is -0.367 e. The Bertz CT molecular complexity index is 297. The molecule has 0 radical (unpaired) electrons. The van der Waals surface area contributed by atoms with Gasteiger partial charge >= 0.3 is 0 Å². The van der Waals surface area contributed by atoms with Crippen molar-refractivity contribution in [3.8, 4) is 6.07 Å². The lowest BCUT2D eigenvalue weighted by molar-refractivity contribution is 0.776. The first-order chi connectivity index (χ1) is 6.22. The molecule has 5 heteroatoms. The van der Waals surface area contributed by atoms with Crippen LogP contribution in [0, 0.1) is 11.3 Å². The second-order valence-electron chi connectivity index (χ2n) is 2.76. The van der Waals surface area contributed by atoms with Gasteiger partial charge < -0.3 is 11.1 Å². The third kappa shape index (κ3) is 3.05. The summed E-state index contributed by atoms with van der Waals surface area (Å²) in [6.07, 6.45) is 2.93. The molecule has 0 amide bonds. The largest absolute Gasteiger partial charge is 0.367 e. The molecule has 1 rings (SSSR count). The topological polar surface area (TPSA) is 87.6 Å². The Morgan fingerprint density at radius 1 is 1.62 bits per heavy atom. The van der Waals surface area contributed by atoms with Gasteiger partial charge in [-0.2, -0.15) is 5.26 Å². The molecule has 1 aromatic rings. The molecule has 0 bridgehead atoms. The van der Waals surface area contributed by atoms with Gasteiger partial charge in [-0.05, 0) is 6.92 Å². The molecule has 0 spiro atoms. The lowest BCUT2D eigenvalue weighted by Gasteiger charge is -2.06. The van der Waals surface area contributed by atoms with Crippen LogP contribution in [-0.4, -0.2) is 22.6 Å². The van der Waals surface area contributed by atoms with Crippen LogP contribution in [-0.2, 0) is 0 Å². The van der Waals surface area contributed by atoms with E-state index in [-0.39, 0.29) is 6.04 Å². The van der Waals surface area contributed by atoms with E-state index < -0.39 is 0 Å². The average molecular weight is 177 g/mol. The van der Waals surface area contributed by atoms with Gasteiger partial charge in [0, 0.05) is 12.6 Å². The van der Waals surface area contributed by atoms with Crippen LogP contribution in [0.1, 0.15) is 12.6 Å². The van der Waals surface area contributed by atoms with Crippen LogP contribution in [0.2, 0.25) is 0 Å². The van der Waals surface area contributed by atoms with Crippen molar-refractivity contribution in [3.63, 3.8) is 0 Å². The maximum atomic E-state index is 8.45. The number of nitrogens with two attached hydrogens (primary N) is 1. The highest BCUT2D eigenvalue weighted by Crippen LogP contribution is 1.99. The van der Waals surface area contributed by atoms with Gasteiger partial charge in [0.25, 0.3) is 0 Å². The third-order valence-corrected chi connectivity index (χ3v) is 1.37. The van der Waals surface area contributed by atoms with Gasteiger partial charge in [-0.15, -0.1) is 0 Å². The van der Waals surface area contributed by atoms with Crippen molar-refractivity contribution >= 4 is 5.82 Å². The van der Waals surface area contributed by atoms with Crippen molar-refractivity contribution in [1.29, 1.82) is 5.26 Å². The van der Waals surface area contributed by atoms with Crippen molar-refractivity contribution in [1.82, 2.24) is 9.97 Å². The molecule has 1 heterocycles. The van der Waals surface area contributed by atoms with E-state index in [1.54, 1.807) is 0 Å². The maximum absolute atomic E-state index is 8.45. The number of nitrogens with zero attached hydrogens (tertiary/aromatic N) is 3. The maximum Gasteiger partial charge on any atom is 0.158 e. The van der Waals surface area contributed by atoms with E-state index in [9.17, 15) is 0 Å².